The number of rotatable bonds is 6. The summed E-state index contributed by atoms with van der Waals surface area (Å²) < 4.78 is 4.66. The van der Waals surface area contributed by atoms with Gasteiger partial charge in [0, 0.05) is 0 Å². The number of ketones is 1. The highest BCUT2D eigenvalue weighted by Gasteiger charge is 2.24. The van der Waals surface area contributed by atoms with Crippen molar-refractivity contribution in [1.29, 1.82) is 0 Å². The molecule has 1 rings (SSSR count). The van der Waals surface area contributed by atoms with E-state index in [2.05, 4.69) is 4.74 Å². The highest BCUT2D eigenvalue weighted by atomic mass is 16.5. The van der Waals surface area contributed by atoms with Crippen LogP contribution in [-0.4, -0.2) is 18.9 Å². The zero-order valence-electron chi connectivity index (χ0n) is 11.0. The van der Waals surface area contributed by atoms with Crippen molar-refractivity contribution in [3.8, 4) is 0 Å². The predicted octanol–water partition coefficient (Wildman–Crippen LogP) is 3.12. The highest BCUT2D eigenvalue weighted by Crippen LogP contribution is 2.28. The minimum Gasteiger partial charge on any atom is -0.468 e. The van der Waals surface area contributed by atoms with Gasteiger partial charge in [0.15, 0.2) is 0 Å². The molecule has 17 heavy (non-hydrogen) atoms. The molecule has 0 heterocycles. The van der Waals surface area contributed by atoms with Crippen LogP contribution >= 0.6 is 0 Å². The molecular formula is C14H24O3. The molecule has 0 N–H and O–H groups in total. The predicted molar refractivity (Wildman–Crippen MR) is 66.6 cm³/mol. The fourth-order valence-corrected chi connectivity index (χ4v) is 2.72. The standard InChI is InChI=1S/C14H24O3/c1-11(15)13(14(16)17-2)10-6-9-12-7-4-3-5-8-12/h12-13H,3-10H2,1-2H3. The van der Waals surface area contributed by atoms with Crippen LogP contribution in [0.1, 0.15) is 58.3 Å². The maximum absolute atomic E-state index is 11.4. The highest BCUT2D eigenvalue weighted by molar-refractivity contribution is 5.97. The zero-order valence-corrected chi connectivity index (χ0v) is 11.0. The first kappa shape index (κ1) is 14.2. The van der Waals surface area contributed by atoms with Crippen LogP contribution in [-0.2, 0) is 14.3 Å². The van der Waals surface area contributed by atoms with E-state index in [4.69, 9.17) is 0 Å². The van der Waals surface area contributed by atoms with Crippen LogP contribution in [0.3, 0.4) is 0 Å². The number of carbonyl (C=O) groups excluding carboxylic acids is 2. The molecule has 1 unspecified atom stereocenters. The molecule has 0 radical (unpaired) electrons. The average molecular weight is 240 g/mol. The van der Waals surface area contributed by atoms with E-state index in [1.165, 1.54) is 46.1 Å². The zero-order chi connectivity index (χ0) is 12.7. The average Bonchev–Trinajstić information content (AvgIpc) is 2.34. The summed E-state index contributed by atoms with van der Waals surface area (Å²) >= 11 is 0. The molecule has 3 nitrogen and oxygen atoms in total. The van der Waals surface area contributed by atoms with E-state index in [1.807, 2.05) is 0 Å². The maximum atomic E-state index is 11.4. The summed E-state index contributed by atoms with van der Waals surface area (Å²) in [4.78, 5) is 22.7. The Morgan fingerprint density at radius 1 is 1.24 bits per heavy atom. The van der Waals surface area contributed by atoms with Gasteiger partial charge in [0.1, 0.15) is 11.7 Å². The van der Waals surface area contributed by atoms with Gasteiger partial charge in [-0.2, -0.15) is 0 Å². The van der Waals surface area contributed by atoms with E-state index in [-0.39, 0.29) is 11.8 Å². The van der Waals surface area contributed by atoms with E-state index in [1.54, 1.807) is 0 Å². The lowest BCUT2D eigenvalue weighted by atomic mass is 9.84. The second kappa shape index (κ2) is 7.46. The van der Waals surface area contributed by atoms with E-state index in [0.717, 1.165) is 18.8 Å². The lowest BCUT2D eigenvalue weighted by Gasteiger charge is -2.21. The number of hydrogen-bond acceptors (Lipinski definition) is 3. The Balaban J connectivity index is 2.26. The molecule has 1 fully saturated rings. The molecule has 3 heteroatoms. The lowest BCUT2D eigenvalue weighted by molar-refractivity contribution is -0.149. The van der Waals surface area contributed by atoms with E-state index >= 15 is 0 Å². The minimum absolute atomic E-state index is 0.0690. The van der Waals surface area contributed by atoms with Crippen molar-refractivity contribution < 1.29 is 14.3 Å². The first-order chi connectivity index (χ1) is 8.15. The number of Topliss-reactive ketones (excluding diaryl/α,β-unsaturated/α-hetero) is 1. The van der Waals surface area contributed by atoms with Gasteiger partial charge < -0.3 is 4.74 Å². The molecular weight excluding hydrogens is 216 g/mol. The van der Waals surface area contributed by atoms with Crippen LogP contribution in [0.25, 0.3) is 0 Å². The monoisotopic (exact) mass is 240 g/mol. The third-order valence-electron chi connectivity index (χ3n) is 3.81. The Kier molecular flexibility index (Phi) is 6.23. The topological polar surface area (TPSA) is 43.4 Å². The van der Waals surface area contributed by atoms with Crippen LogP contribution in [0.2, 0.25) is 0 Å². The second-order valence-corrected chi connectivity index (χ2v) is 5.12. The van der Waals surface area contributed by atoms with Gasteiger partial charge in [-0.25, -0.2) is 0 Å². The van der Waals surface area contributed by atoms with Gasteiger partial charge in [-0.05, 0) is 19.3 Å². The molecule has 1 aliphatic carbocycles. The van der Waals surface area contributed by atoms with Crippen LogP contribution in [0.15, 0.2) is 0 Å². The van der Waals surface area contributed by atoms with E-state index < -0.39 is 5.92 Å². The summed E-state index contributed by atoms with van der Waals surface area (Å²) in [7, 11) is 1.35. The SMILES string of the molecule is COC(=O)C(CCCC1CCCCC1)C(C)=O. The fourth-order valence-electron chi connectivity index (χ4n) is 2.72. The Hall–Kier alpha value is -0.860. The Morgan fingerprint density at radius 2 is 1.88 bits per heavy atom. The van der Waals surface area contributed by atoms with Crippen molar-refractivity contribution in [2.24, 2.45) is 11.8 Å². The summed E-state index contributed by atoms with van der Waals surface area (Å²) in [5.74, 6) is -0.167. The van der Waals surface area contributed by atoms with Crippen molar-refractivity contribution in [1.82, 2.24) is 0 Å². The molecule has 1 saturated carbocycles. The van der Waals surface area contributed by atoms with E-state index in [9.17, 15) is 9.59 Å². The summed E-state index contributed by atoms with van der Waals surface area (Å²) in [6, 6.07) is 0. The second-order valence-electron chi connectivity index (χ2n) is 5.12. The van der Waals surface area contributed by atoms with Gasteiger partial charge in [0.2, 0.25) is 0 Å². The largest absolute Gasteiger partial charge is 0.468 e. The molecule has 0 saturated heterocycles. The Morgan fingerprint density at radius 3 is 2.41 bits per heavy atom. The lowest BCUT2D eigenvalue weighted by Crippen LogP contribution is -2.23. The van der Waals surface area contributed by atoms with Gasteiger partial charge in [-0.1, -0.05) is 44.9 Å². The number of esters is 1. The minimum atomic E-state index is -0.538. The third kappa shape index (κ3) is 4.88. The first-order valence-corrected chi connectivity index (χ1v) is 6.73. The van der Waals surface area contributed by atoms with Crippen molar-refractivity contribution in [2.75, 3.05) is 7.11 Å². The molecule has 0 bridgehead atoms. The number of methoxy groups -OCH3 is 1. The molecule has 1 aliphatic rings. The van der Waals surface area contributed by atoms with Gasteiger partial charge in [0.05, 0.1) is 7.11 Å². The van der Waals surface area contributed by atoms with Gasteiger partial charge in [-0.15, -0.1) is 0 Å². The third-order valence-corrected chi connectivity index (χ3v) is 3.81. The quantitative estimate of drug-likeness (QED) is 0.529. The summed E-state index contributed by atoms with van der Waals surface area (Å²) in [5.41, 5.74) is 0. The van der Waals surface area contributed by atoms with Crippen LogP contribution in [0.4, 0.5) is 0 Å². The molecule has 98 valence electrons. The van der Waals surface area contributed by atoms with Crippen LogP contribution < -0.4 is 0 Å². The molecule has 0 aliphatic heterocycles. The number of hydrogen-bond donors (Lipinski definition) is 0. The molecule has 0 amide bonds. The van der Waals surface area contributed by atoms with E-state index in [0.29, 0.717) is 6.42 Å². The maximum Gasteiger partial charge on any atom is 0.316 e. The number of ether oxygens (including phenoxy) is 1. The van der Waals surface area contributed by atoms with Crippen molar-refractivity contribution >= 4 is 11.8 Å². The smallest absolute Gasteiger partial charge is 0.316 e. The van der Waals surface area contributed by atoms with Crippen molar-refractivity contribution in [3.63, 3.8) is 0 Å². The summed E-state index contributed by atoms with van der Waals surface area (Å²) in [6.07, 6.45) is 9.47. The summed E-state index contributed by atoms with van der Waals surface area (Å²) in [6.45, 7) is 1.47. The van der Waals surface area contributed by atoms with Crippen molar-refractivity contribution in [3.05, 3.63) is 0 Å². The molecule has 0 aromatic heterocycles. The van der Waals surface area contributed by atoms with Crippen LogP contribution in [0.5, 0.6) is 0 Å². The molecule has 1 atom stereocenters. The fraction of sp³-hybridized carbons (Fsp3) is 0.857. The molecule has 0 aromatic carbocycles. The van der Waals surface area contributed by atoms with Gasteiger partial charge in [0.25, 0.3) is 0 Å². The summed E-state index contributed by atoms with van der Waals surface area (Å²) in [5, 5.41) is 0. The molecule has 0 spiro atoms. The van der Waals surface area contributed by atoms with Crippen molar-refractivity contribution in [2.45, 2.75) is 58.3 Å². The van der Waals surface area contributed by atoms with Crippen LogP contribution in [0, 0.1) is 11.8 Å². The number of carbonyl (C=O) groups is 2. The normalized spacial score (nSPS) is 18.7. The Bertz CT molecular complexity index is 254. The first-order valence-electron chi connectivity index (χ1n) is 6.73. The van der Waals surface area contributed by atoms with Gasteiger partial charge in [-0.3, -0.25) is 9.59 Å². The Labute approximate surface area is 104 Å². The molecule has 0 aromatic rings. The van der Waals surface area contributed by atoms with Gasteiger partial charge >= 0.3 is 5.97 Å².